The van der Waals surface area contributed by atoms with E-state index in [9.17, 15) is 4.39 Å². The van der Waals surface area contributed by atoms with Gasteiger partial charge < -0.3 is 5.73 Å². The Labute approximate surface area is 119 Å². The fraction of sp³-hybridized carbons (Fsp3) is 0.333. The largest absolute Gasteiger partial charge is 0.327 e. The second-order valence-corrected chi connectivity index (χ2v) is 5.90. The van der Waals surface area contributed by atoms with Crippen LogP contribution in [-0.4, -0.2) is 6.04 Å². The maximum absolute atomic E-state index is 13.4. The maximum Gasteiger partial charge on any atom is 0.123 e. The molecule has 0 bridgehead atoms. The third-order valence-electron chi connectivity index (χ3n) is 4.60. The van der Waals surface area contributed by atoms with Crippen LogP contribution in [-0.2, 0) is 11.8 Å². The summed E-state index contributed by atoms with van der Waals surface area (Å²) >= 11 is 0. The van der Waals surface area contributed by atoms with Crippen molar-refractivity contribution in [3.05, 3.63) is 71.0 Å². The quantitative estimate of drug-likeness (QED) is 0.899. The molecule has 0 saturated heterocycles. The van der Waals surface area contributed by atoms with Gasteiger partial charge in [0.15, 0.2) is 0 Å². The van der Waals surface area contributed by atoms with Crippen LogP contribution < -0.4 is 5.73 Å². The monoisotopic (exact) mass is 269 g/mol. The van der Waals surface area contributed by atoms with Gasteiger partial charge >= 0.3 is 0 Å². The molecule has 1 aliphatic rings. The minimum absolute atomic E-state index is 0.0467. The molecular weight excluding hydrogens is 249 g/mol. The molecule has 0 aliphatic heterocycles. The summed E-state index contributed by atoms with van der Waals surface area (Å²) in [6.07, 6.45) is 3.00. The van der Waals surface area contributed by atoms with E-state index in [0.717, 1.165) is 30.4 Å². The van der Waals surface area contributed by atoms with E-state index < -0.39 is 0 Å². The van der Waals surface area contributed by atoms with Crippen LogP contribution in [0.15, 0.2) is 48.5 Å². The minimum atomic E-state index is -0.178. The Morgan fingerprint density at radius 1 is 1.15 bits per heavy atom. The molecule has 1 nitrogen and oxygen atoms in total. The number of halogens is 1. The lowest BCUT2D eigenvalue weighted by atomic mass is 9.84. The molecule has 1 unspecified atom stereocenters. The second kappa shape index (κ2) is 5.02. The first-order valence-corrected chi connectivity index (χ1v) is 7.18. The number of hydrogen-bond donors (Lipinski definition) is 1. The van der Waals surface area contributed by atoms with Crippen LogP contribution in [0.5, 0.6) is 0 Å². The first-order valence-electron chi connectivity index (χ1n) is 7.18. The lowest BCUT2D eigenvalue weighted by molar-refractivity contribution is 0.511. The molecule has 1 fully saturated rings. The summed E-state index contributed by atoms with van der Waals surface area (Å²) in [5.41, 5.74) is 10.0. The average molecular weight is 269 g/mol. The third kappa shape index (κ3) is 2.36. The Balaban J connectivity index is 1.83. The van der Waals surface area contributed by atoms with E-state index in [1.807, 2.05) is 19.1 Å². The van der Waals surface area contributed by atoms with E-state index in [1.54, 1.807) is 6.07 Å². The van der Waals surface area contributed by atoms with Gasteiger partial charge in [-0.15, -0.1) is 0 Å². The van der Waals surface area contributed by atoms with Crippen LogP contribution in [0.3, 0.4) is 0 Å². The molecule has 2 aromatic carbocycles. The highest BCUT2D eigenvalue weighted by atomic mass is 19.1. The first kappa shape index (κ1) is 13.3. The van der Waals surface area contributed by atoms with Crippen molar-refractivity contribution in [2.45, 2.75) is 37.6 Å². The van der Waals surface area contributed by atoms with Crippen molar-refractivity contribution in [1.82, 2.24) is 0 Å². The van der Waals surface area contributed by atoms with E-state index in [1.165, 1.54) is 11.6 Å². The number of rotatable bonds is 4. The summed E-state index contributed by atoms with van der Waals surface area (Å²) in [5, 5.41) is 0. The number of benzene rings is 2. The van der Waals surface area contributed by atoms with Crippen molar-refractivity contribution in [1.29, 1.82) is 0 Å². The lowest BCUT2D eigenvalue weighted by Crippen LogP contribution is -2.37. The van der Waals surface area contributed by atoms with Gasteiger partial charge in [0, 0.05) is 11.5 Å². The number of aryl methyl sites for hydroxylation is 1. The predicted molar refractivity (Wildman–Crippen MR) is 80.2 cm³/mol. The summed E-state index contributed by atoms with van der Waals surface area (Å²) in [7, 11) is 0. The van der Waals surface area contributed by atoms with E-state index in [2.05, 4.69) is 24.3 Å². The van der Waals surface area contributed by atoms with Crippen molar-refractivity contribution >= 4 is 0 Å². The summed E-state index contributed by atoms with van der Waals surface area (Å²) in [4.78, 5) is 0. The summed E-state index contributed by atoms with van der Waals surface area (Å²) in [6.45, 7) is 2.02. The maximum atomic E-state index is 13.4. The van der Waals surface area contributed by atoms with Crippen LogP contribution >= 0.6 is 0 Å². The Hall–Kier alpha value is -1.67. The predicted octanol–water partition coefficient (Wildman–Crippen LogP) is 3.74. The van der Waals surface area contributed by atoms with Gasteiger partial charge in [-0.05, 0) is 55.0 Å². The first-order chi connectivity index (χ1) is 9.62. The third-order valence-corrected chi connectivity index (χ3v) is 4.60. The van der Waals surface area contributed by atoms with Gasteiger partial charge in [-0.3, -0.25) is 0 Å². The zero-order chi connectivity index (χ0) is 14.2. The zero-order valence-corrected chi connectivity index (χ0v) is 11.8. The van der Waals surface area contributed by atoms with Gasteiger partial charge in [-0.1, -0.05) is 36.4 Å². The molecule has 2 N–H and O–H groups in total. The van der Waals surface area contributed by atoms with Gasteiger partial charge in [0.1, 0.15) is 5.82 Å². The number of nitrogens with two attached hydrogens (primary N) is 1. The van der Waals surface area contributed by atoms with E-state index in [-0.39, 0.29) is 17.3 Å². The average Bonchev–Trinajstić information content (AvgIpc) is 3.25. The van der Waals surface area contributed by atoms with Gasteiger partial charge in [0.2, 0.25) is 0 Å². The SMILES string of the molecule is Cc1ccc(F)cc1CC(N)C1(c2ccccc2)CC1. The van der Waals surface area contributed by atoms with Crippen molar-refractivity contribution < 1.29 is 4.39 Å². The van der Waals surface area contributed by atoms with Gasteiger partial charge in [-0.25, -0.2) is 4.39 Å². The van der Waals surface area contributed by atoms with Crippen molar-refractivity contribution in [2.75, 3.05) is 0 Å². The molecule has 3 rings (SSSR count). The van der Waals surface area contributed by atoms with Crippen molar-refractivity contribution in [3.63, 3.8) is 0 Å². The second-order valence-electron chi connectivity index (χ2n) is 5.90. The highest BCUT2D eigenvalue weighted by molar-refractivity contribution is 5.36. The van der Waals surface area contributed by atoms with Gasteiger partial charge in [0.25, 0.3) is 0 Å². The van der Waals surface area contributed by atoms with Crippen molar-refractivity contribution in [3.8, 4) is 0 Å². The molecule has 20 heavy (non-hydrogen) atoms. The summed E-state index contributed by atoms with van der Waals surface area (Å²) in [5.74, 6) is -0.178. The molecular formula is C18H20FN. The fourth-order valence-electron chi connectivity index (χ4n) is 3.07. The van der Waals surface area contributed by atoms with Crippen LogP contribution in [0, 0.1) is 12.7 Å². The van der Waals surface area contributed by atoms with Gasteiger partial charge in [0.05, 0.1) is 0 Å². The molecule has 0 radical (unpaired) electrons. The van der Waals surface area contributed by atoms with Crippen molar-refractivity contribution in [2.24, 2.45) is 5.73 Å². The summed E-state index contributed by atoms with van der Waals surface area (Å²) in [6, 6.07) is 15.5. The molecule has 0 aromatic heterocycles. The highest BCUT2D eigenvalue weighted by Crippen LogP contribution is 2.51. The van der Waals surface area contributed by atoms with E-state index in [4.69, 9.17) is 5.73 Å². The van der Waals surface area contributed by atoms with Crippen LogP contribution in [0.1, 0.15) is 29.5 Å². The molecule has 1 aliphatic carbocycles. The number of hydrogen-bond acceptors (Lipinski definition) is 1. The minimum Gasteiger partial charge on any atom is -0.327 e. The Kier molecular flexibility index (Phi) is 3.35. The smallest absolute Gasteiger partial charge is 0.123 e. The highest BCUT2D eigenvalue weighted by Gasteiger charge is 2.48. The zero-order valence-electron chi connectivity index (χ0n) is 11.8. The Morgan fingerprint density at radius 2 is 1.85 bits per heavy atom. The van der Waals surface area contributed by atoms with Crippen LogP contribution in [0.2, 0.25) is 0 Å². The van der Waals surface area contributed by atoms with E-state index in [0.29, 0.717) is 0 Å². The fourth-order valence-corrected chi connectivity index (χ4v) is 3.07. The molecule has 2 heteroatoms. The topological polar surface area (TPSA) is 26.0 Å². The summed E-state index contributed by atoms with van der Waals surface area (Å²) < 4.78 is 13.4. The molecule has 1 atom stereocenters. The van der Waals surface area contributed by atoms with Gasteiger partial charge in [-0.2, -0.15) is 0 Å². The molecule has 104 valence electrons. The molecule has 1 saturated carbocycles. The Bertz CT molecular complexity index is 602. The molecule has 0 spiro atoms. The lowest BCUT2D eigenvalue weighted by Gasteiger charge is -2.24. The van der Waals surface area contributed by atoms with Crippen LogP contribution in [0.4, 0.5) is 4.39 Å². The normalized spacial score (nSPS) is 17.8. The standard InChI is InChI=1S/C18H20FN/c1-13-7-8-16(19)11-14(13)12-17(20)18(9-10-18)15-5-3-2-4-6-15/h2-8,11,17H,9-10,12,20H2,1H3. The Morgan fingerprint density at radius 3 is 2.50 bits per heavy atom. The molecule has 0 heterocycles. The molecule has 0 amide bonds. The van der Waals surface area contributed by atoms with Crippen LogP contribution in [0.25, 0.3) is 0 Å². The molecule has 2 aromatic rings. The van der Waals surface area contributed by atoms with E-state index >= 15 is 0 Å².